The Hall–Kier alpha value is -3.37. The number of thiophene rings is 1. The molecule has 0 radical (unpaired) electrons. The molecular weight excluding hydrogens is 462 g/mol. The highest BCUT2D eigenvalue weighted by molar-refractivity contribution is 7.92. The monoisotopic (exact) mass is 487 g/mol. The fraction of sp³-hybridized carbons (Fsp3) is 0.217. The Morgan fingerprint density at radius 3 is 2.36 bits per heavy atom. The first-order valence-corrected chi connectivity index (χ1v) is 12.3. The van der Waals surface area contributed by atoms with Crippen LogP contribution >= 0.6 is 11.3 Å². The van der Waals surface area contributed by atoms with E-state index in [1.807, 2.05) is 24.4 Å². The molecule has 174 valence electrons. The number of methoxy groups -OCH3 is 2. The lowest BCUT2D eigenvalue weighted by Crippen LogP contribution is -2.39. The number of anilines is 1. The molecule has 0 unspecified atom stereocenters. The lowest BCUT2D eigenvalue weighted by Gasteiger charge is -2.24. The molecule has 8 nitrogen and oxygen atoms in total. The van der Waals surface area contributed by atoms with Crippen LogP contribution in [0.15, 0.2) is 70.0 Å². The van der Waals surface area contributed by atoms with Gasteiger partial charge >= 0.3 is 0 Å². The normalized spacial score (nSPS) is 11.7. The number of benzene rings is 2. The van der Waals surface area contributed by atoms with Crippen molar-refractivity contribution in [2.45, 2.75) is 18.7 Å². The molecule has 1 aromatic heterocycles. The highest BCUT2D eigenvalue weighted by Gasteiger charge is 2.28. The molecule has 0 bridgehead atoms. The van der Waals surface area contributed by atoms with E-state index < -0.39 is 22.5 Å². The van der Waals surface area contributed by atoms with E-state index >= 15 is 0 Å². The van der Waals surface area contributed by atoms with E-state index in [0.29, 0.717) is 17.2 Å². The SMILES string of the molecule is COc1ccc(N(CC(=O)N/N=C(/C)c2cccs2)S(=O)(=O)c2ccc(C)cc2)cc1OC. The largest absolute Gasteiger partial charge is 0.493 e. The van der Waals surface area contributed by atoms with Crippen LogP contribution in [0.3, 0.4) is 0 Å². The van der Waals surface area contributed by atoms with Gasteiger partial charge in [0, 0.05) is 10.9 Å². The minimum absolute atomic E-state index is 0.0638. The predicted octanol–water partition coefficient (Wildman–Crippen LogP) is 3.81. The van der Waals surface area contributed by atoms with Crippen LogP contribution in [0.1, 0.15) is 17.4 Å². The van der Waals surface area contributed by atoms with E-state index in [4.69, 9.17) is 9.47 Å². The average molecular weight is 488 g/mol. The van der Waals surface area contributed by atoms with Gasteiger partial charge in [0.2, 0.25) is 0 Å². The number of aryl methyl sites for hydroxylation is 1. The summed E-state index contributed by atoms with van der Waals surface area (Å²) in [5.74, 6) is 0.192. The molecule has 3 rings (SSSR count). The Morgan fingerprint density at radius 1 is 1.06 bits per heavy atom. The van der Waals surface area contributed by atoms with Gasteiger partial charge < -0.3 is 9.47 Å². The molecule has 0 atom stereocenters. The molecule has 0 spiro atoms. The third-order valence-electron chi connectivity index (χ3n) is 4.78. The van der Waals surface area contributed by atoms with Gasteiger partial charge in [-0.3, -0.25) is 9.10 Å². The number of ether oxygens (including phenoxy) is 2. The van der Waals surface area contributed by atoms with Crippen LogP contribution in [0.2, 0.25) is 0 Å². The number of carbonyl (C=O) groups excluding carboxylic acids is 1. The number of amides is 1. The topological polar surface area (TPSA) is 97.3 Å². The Balaban J connectivity index is 1.96. The maximum absolute atomic E-state index is 13.5. The standard InChI is InChI=1S/C23H25N3O5S2/c1-16-7-10-19(11-8-16)33(28,29)26(18-9-12-20(30-3)21(14-18)31-4)15-23(27)25-24-17(2)22-6-5-13-32-22/h5-14H,15H2,1-4H3,(H,25,27)/b24-17-. The van der Waals surface area contributed by atoms with Crippen molar-refractivity contribution in [2.75, 3.05) is 25.1 Å². The fourth-order valence-corrected chi connectivity index (χ4v) is 5.07. The summed E-state index contributed by atoms with van der Waals surface area (Å²) in [5, 5.41) is 6.01. The van der Waals surface area contributed by atoms with Crippen LogP contribution in [0.5, 0.6) is 11.5 Å². The summed E-state index contributed by atoms with van der Waals surface area (Å²) < 4.78 is 38.6. The Morgan fingerprint density at radius 2 is 1.76 bits per heavy atom. The molecule has 0 saturated heterocycles. The van der Waals surface area contributed by atoms with Gasteiger partial charge in [0.15, 0.2) is 11.5 Å². The number of nitrogens with zero attached hydrogens (tertiary/aromatic N) is 2. The van der Waals surface area contributed by atoms with E-state index in [1.165, 1.54) is 43.8 Å². The maximum atomic E-state index is 13.5. The second-order valence-corrected chi connectivity index (χ2v) is 9.88. The number of hydrazone groups is 1. The summed E-state index contributed by atoms with van der Waals surface area (Å²) in [6.07, 6.45) is 0. The van der Waals surface area contributed by atoms with Crippen LogP contribution in [0, 0.1) is 6.92 Å². The summed E-state index contributed by atoms with van der Waals surface area (Å²) in [5.41, 5.74) is 4.24. The van der Waals surface area contributed by atoms with Crippen LogP contribution < -0.4 is 19.2 Å². The van der Waals surface area contributed by atoms with Gasteiger partial charge in [-0.2, -0.15) is 5.10 Å². The Bertz CT molecular complexity index is 1240. The molecule has 0 saturated carbocycles. The second-order valence-electron chi connectivity index (χ2n) is 7.07. The number of rotatable bonds is 9. The number of carbonyl (C=O) groups is 1. The second kappa shape index (κ2) is 10.5. The van der Waals surface area contributed by atoms with E-state index in [9.17, 15) is 13.2 Å². The third kappa shape index (κ3) is 5.71. The minimum atomic E-state index is -4.06. The zero-order chi connectivity index (χ0) is 24.0. The van der Waals surface area contributed by atoms with Crippen molar-refractivity contribution in [1.82, 2.24) is 5.43 Å². The smallest absolute Gasteiger partial charge is 0.264 e. The molecule has 0 aliphatic heterocycles. The van der Waals surface area contributed by atoms with Gasteiger partial charge in [0.25, 0.3) is 15.9 Å². The summed E-state index contributed by atoms with van der Waals surface area (Å²) >= 11 is 1.49. The predicted molar refractivity (Wildman–Crippen MR) is 130 cm³/mol. The van der Waals surface area contributed by atoms with Crippen LogP contribution in [-0.2, 0) is 14.8 Å². The summed E-state index contributed by atoms with van der Waals surface area (Å²) in [6.45, 7) is 3.15. The van der Waals surface area contributed by atoms with Gasteiger partial charge in [-0.25, -0.2) is 13.8 Å². The van der Waals surface area contributed by atoms with Crippen LogP contribution in [-0.4, -0.2) is 40.8 Å². The van der Waals surface area contributed by atoms with Crippen LogP contribution in [0.25, 0.3) is 0 Å². The van der Waals surface area contributed by atoms with Gasteiger partial charge in [0.05, 0.1) is 30.5 Å². The van der Waals surface area contributed by atoms with E-state index in [-0.39, 0.29) is 10.6 Å². The molecule has 1 N–H and O–H groups in total. The van der Waals surface area contributed by atoms with Gasteiger partial charge in [0.1, 0.15) is 6.54 Å². The number of nitrogens with one attached hydrogen (secondary N) is 1. The molecule has 10 heteroatoms. The number of hydrogen-bond donors (Lipinski definition) is 1. The first-order chi connectivity index (χ1) is 15.8. The molecule has 0 aliphatic carbocycles. The van der Waals surface area contributed by atoms with Crippen molar-refractivity contribution in [3.63, 3.8) is 0 Å². The number of hydrogen-bond acceptors (Lipinski definition) is 7. The molecule has 3 aromatic rings. The van der Waals surface area contributed by atoms with Crippen molar-refractivity contribution < 1.29 is 22.7 Å². The van der Waals surface area contributed by atoms with Gasteiger partial charge in [-0.15, -0.1) is 11.3 Å². The van der Waals surface area contributed by atoms with E-state index in [2.05, 4.69) is 10.5 Å². The third-order valence-corrected chi connectivity index (χ3v) is 7.54. The van der Waals surface area contributed by atoms with E-state index in [0.717, 1.165) is 14.7 Å². The highest BCUT2D eigenvalue weighted by atomic mass is 32.2. The Kier molecular flexibility index (Phi) is 7.72. The molecular formula is C23H25N3O5S2. The van der Waals surface area contributed by atoms with Gasteiger partial charge in [-0.1, -0.05) is 23.8 Å². The zero-order valence-corrected chi connectivity index (χ0v) is 20.4. The number of sulfonamides is 1. The molecule has 0 aliphatic rings. The lowest BCUT2D eigenvalue weighted by molar-refractivity contribution is -0.119. The first-order valence-electron chi connectivity index (χ1n) is 9.94. The summed E-state index contributed by atoms with van der Waals surface area (Å²) in [4.78, 5) is 13.7. The molecule has 1 amide bonds. The first kappa shape index (κ1) is 24.3. The zero-order valence-electron chi connectivity index (χ0n) is 18.7. The van der Waals surface area contributed by atoms with Crippen LogP contribution in [0.4, 0.5) is 5.69 Å². The maximum Gasteiger partial charge on any atom is 0.264 e. The van der Waals surface area contributed by atoms with Crippen molar-refractivity contribution in [1.29, 1.82) is 0 Å². The fourth-order valence-electron chi connectivity index (χ4n) is 2.98. The summed E-state index contributed by atoms with van der Waals surface area (Å²) in [7, 11) is -1.12. The molecule has 33 heavy (non-hydrogen) atoms. The average Bonchev–Trinajstić information content (AvgIpc) is 3.36. The highest BCUT2D eigenvalue weighted by Crippen LogP contribution is 2.33. The Labute approximate surface area is 197 Å². The molecule has 2 aromatic carbocycles. The van der Waals surface area contributed by atoms with Crippen molar-refractivity contribution in [3.05, 3.63) is 70.4 Å². The van der Waals surface area contributed by atoms with E-state index in [1.54, 1.807) is 31.2 Å². The van der Waals surface area contributed by atoms with Crippen molar-refractivity contribution >= 4 is 38.7 Å². The lowest BCUT2D eigenvalue weighted by atomic mass is 10.2. The van der Waals surface area contributed by atoms with Gasteiger partial charge in [-0.05, 0) is 49.6 Å². The quantitative estimate of drug-likeness (QED) is 0.366. The molecule has 0 fully saturated rings. The molecule has 1 heterocycles. The van der Waals surface area contributed by atoms with Crippen molar-refractivity contribution in [2.24, 2.45) is 5.10 Å². The van der Waals surface area contributed by atoms with Crippen molar-refractivity contribution in [3.8, 4) is 11.5 Å². The minimum Gasteiger partial charge on any atom is -0.493 e. The summed E-state index contributed by atoms with van der Waals surface area (Å²) in [6, 6.07) is 14.8.